The lowest BCUT2D eigenvalue weighted by Crippen LogP contribution is -1.96. The molecule has 3 nitrogen and oxygen atoms in total. The van der Waals surface area contributed by atoms with Crippen molar-refractivity contribution < 1.29 is 4.42 Å². The molecule has 0 atom stereocenters. The highest BCUT2D eigenvalue weighted by molar-refractivity contribution is 6.12. The fourth-order valence-corrected chi connectivity index (χ4v) is 6.41. The van der Waals surface area contributed by atoms with Gasteiger partial charge < -0.3 is 4.42 Å². The molecule has 0 unspecified atom stereocenters. The lowest BCUT2D eigenvalue weighted by molar-refractivity contribution is 0.669. The Morgan fingerprint density at radius 3 is 1.67 bits per heavy atom. The molecule has 0 spiro atoms. The molecule has 3 heteroatoms. The molecule has 45 heavy (non-hydrogen) atoms. The van der Waals surface area contributed by atoms with E-state index < -0.39 is 0 Å². The van der Waals surface area contributed by atoms with Crippen molar-refractivity contribution in [3.05, 3.63) is 158 Å². The van der Waals surface area contributed by atoms with Crippen LogP contribution < -0.4 is 0 Å². The van der Waals surface area contributed by atoms with E-state index in [1.807, 2.05) is 18.2 Å². The Labute approximate surface area is 260 Å². The first-order valence-corrected chi connectivity index (χ1v) is 15.2. The van der Waals surface area contributed by atoms with E-state index in [2.05, 4.69) is 140 Å². The number of hydrogen-bond acceptors (Lipinski definition) is 3. The summed E-state index contributed by atoms with van der Waals surface area (Å²) in [5.41, 5.74) is 8.85. The van der Waals surface area contributed by atoms with Gasteiger partial charge in [-0.05, 0) is 69.1 Å². The van der Waals surface area contributed by atoms with Gasteiger partial charge in [-0.1, -0.05) is 121 Å². The van der Waals surface area contributed by atoms with E-state index in [0.717, 1.165) is 61.1 Å². The lowest BCUT2D eigenvalue weighted by atomic mass is 9.97. The van der Waals surface area contributed by atoms with Gasteiger partial charge in [0.1, 0.15) is 11.2 Å². The van der Waals surface area contributed by atoms with Crippen molar-refractivity contribution in [2.24, 2.45) is 0 Å². The summed E-state index contributed by atoms with van der Waals surface area (Å²) in [5, 5.41) is 7.02. The molecule has 0 radical (unpaired) electrons. The quantitative estimate of drug-likeness (QED) is 0.210. The molecule has 0 aliphatic rings. The lowest BCUT2D eigenvalue weighted by Gasteiger charge is -2.12. The number of fused-ring (bicyclic) bond motifs is 5. The van der Waals surface area contributed by atoms with Crippen molar-refractivity contribution in [2.45, 2.75) is 0 Å². The summed E-state index contributed by atoms with van der Waals surface area (Å²) >= 11 is 0. The maximum Gasteiger partial charge on any atom is 0.160 e. The molecule has 0 N–H and O–H groups in total. The van der Waals surface area contributed by atoms with E-state index >= 15 is 0 Å². The average Bonchev–Trinajstić information content (AvgIpc) is 3.50. The van der Waals surface area contributed by atoms with Crippen LogP contribution >= 0.6 is 0 Å². The molecular weight excluding hydrogens is 548 g/mol. The van der Waals surface area contributed by atoms with Crippen molar-refractivity contribution in [1.29, 1.82) is 0 Å². The first kappa shape index (κ1) is 25.4. The largest absolute Gasteiger partial charge is 0.456 e. The summed E-state index contributed by atoms with van der Waals surface area (Å²) in [5.74, 6) is 0.690. The van der Waals surface area contributed by atoms with Gasteiger partial charge in [0.2, 0.25) is 0 Å². The number of hydrogen-bond donors (Lipinski definition) is 0. The Morgan fingerprint density at radius 2 is 0.956 bits per heavy atom. The normalized spacial score (nSPS) is 11.6. The van der Waals surface area contributed by atoms with Crippen molar-refractivity contribution in [1.82, 2.24) is 9.97 Å². The molecule has 0 fully saturated rings. The standard InChI is InChI=1S/C42H26N2O/c1-3-11-29-23-32(21-19-27(29)9-1)37-26-38(33-22-20-28-10-2-4-12-30(28)24-33)44-42(43-37)34-14-7-13-31(25-34)35-16-8-18-40-41(35)36-15-5-6-17-39(36)45-40/h1-26H. The van der Waals surface area contributed by atoms with Crippen LogP contribution in [0.25, 0.3) is 88.5 Å². The fourth-order valence-electron chi connectivity index (χ4n) is 6.41. The van der Waals surface area contributed by atoms with Crippen LogP contribution in [0.4, 0.5) is 0 Å². The van der Waals surface area contributed by atoms with E-state index in [-0.39, 0.29) is 0 Å². The Hall–Kier alpha value is -6.06. The second kappa shape index (κ2) is 10.3. The molecule has 2 aromatic heterocycles. The third kappa shape index (κ3) is 4.45. The van der Waals surface area contributed by atoms with Gasteiger partial charge in [-0.3, -0.25) is 0 Å². The SMILES string of the molecule is c1cc(-c2nc(-c3ccc4ccccc4c3)cc(-c3ccc4ccccc4c3)n2)cc(-c2cccc3oc4ccccc4c23)c1. The van der Waals surface area contributed by atoms with Crippen LogP contribution in [0, 0.1) is 0 Å². The van der Waals surface area contributed by atoms with E-state index in [1.54, 1.807) is 0 Å². The Balaban J connectivity index is 1.24. The molecule has 9 rings (SSSR count). The van der Waals surface area contributed by atoms with Crippen LogP contribution in [0.15, 0.2) is 162 Å². The number of benzene rings is 7. The van der Waals surface area contributed by atoms with Gasteiger partial charge in [-0.15, -0.1) is 0 Å². The Morgan fingerprint density at radius 1 is 0.378 bits per heavy atom. The van der Waals surface area contributed by atoms with Crippen molar-refractivity contribution >= 4 is 43.5 Å². The van der Waals surface area contributed by atoms with Gasteiger partial charge in [0.15, 0.2) is 5.82 Å². The highest BCUT2D eigenvalue weighted by Gasteiger charge is 2.15. The predicted molar refractivity (Wildman–Crippen MR) is 186 cm³/mol. The van der Waals surface area contributed by atoms with Gasteiger partial charge in [-0.2, -0.15) is 0 Å². The van der Waals surface area contributed by atoms with Gasteiger partial charge in [0.05, 0.1) is 11.4 Å². The van der Waals surface area contributed by atoms with E-state index in [1.165, 1.54) is 21.5 Å². The Bertz CT molecular complexity index is 2460. The third-order valence-electron chi connectivity index (χ3n) is 8.65. The van der Waals surface area contributed by atoms with Crippen LogP contribution in [-0.4, -0.2) is 9.97 Å². The smallest absolute Gasteiger partial charge is 0.160 e. The van der Waals surface area contributed by atoms with Gasteiger partial charge in [0.25, 0.3) is 0 Å². The van der Waals surface area contributed by atoms with Crippen molar-refractivity contribution in [3.8, 4) is 45.0 Å². The summed E-state index contributed by atoms with van der Waals surface area (Å²) in [6.45, 7) is 0. The molecule has 9 aromatic rings. The number of nitrogens with zero attached hydrogens (tertiary/aromatic N) is 2. The van der Waals surface area contributed by atoms with Crippen LogP contribution in [0.1, 0.15) is 0 Å². The van der Waals surface area contributed by atoms with Crippen molar-refractivity contribution in [3.63, 3.8) is 0 Å². The van der Waals surface area contributed by atoms with Crippen LogP contribution in [-0.2, 0) is 0 Å². The summed E-state index contributed by atoms with van der Waals surface area (Å²) < 4.78 is 6.20. The highest BCUT2D eigenvalue weighted by Crippen LogP contribution is 2.38. The summed E-state index contributed by atoms with van der Waals surface area (Å²) in [6, 6.07) is 55.1. The summed E-state index contributed by atoms with van der Waals surface area (Å²) in [4.78, 5) is 10.4. The zero-order valence-electron chi connectivity index (χ0n) is 24.3. The van der Waals surface area contributed by atoms with Crippen LogP contribution in [0.5, 0.6) is 0 Å². The molecule has 7 aromatic carbocycles. The summed E-state index contributed by atoms with van der Waals surface area (Å²) in [7, 11) is 0. The topological polar surface area (TPSA) is 38.9 Å². The zero-order chi connectivity index (χ0) is 29.7. The fraction of sp³-hybridized carbons (Fsp3) is 0. The van der Waals surface area contributed by atoms with E-state index in [4.69, 9.17) is 14.4 Å². The highest BCUT2D eigenvalue weighted by atomic mass is 16.3. The maximum absolute atomic E-state index is 6.20. The minimum Gasteiger partial charge on any atom is -0.456 e. The van der Waals surface area contributed by atoms with Crippen molar-refractivity contribution in [2.75, 3.05) is 0 Å². The summed E-state index contributed by atoms with van der Waals surface area (Å²) in [6.07, 6.45) is 0. The van der Waals surface area contributed by atoms with Gasteiger partial charge >= 0.3 is 0 Å². The molecule has 2 heterocycles. The molecule has 0 amide bonds. The molecule has 0 saturated carbocycles. The van der Waals surface area contributed by atoms with Crippen LogP contribution in [0.3, 0.4) is 0 Å². The molecule has 0 saturated heterocycles. The minimum atomic E-state index is 0.690. The molecule has 210 valence electrons. The molecular formula is C42H26N2O. The average molecular weight is 575 g/mol. The molecule has 0 bridgehead atoms. The monoisotopic (exact) mass is 574 g/mol. The zero-order valence-corrected chi connectivity index (χ0v) is 24.3. The number of rotatable bonds is 4. The van der Waals surface area contributed by atoms with Gasteiger partial charge in [0, 0.05) is 27.5 Å². The van der Waals surface area contributed by atoms with E-state index in [9.17, 15) is 0 Å². The van der Waals surface area contributed by atoms with Gasteiger partial charge in [-0.25, -0.2) is 9.97 Å². The number of furan rings is 1. The minimum absolute atomic E-state index is 0.690. The maximum atomic E-state index is 6.20. The second-order valence-electron chi connectivity index (χ2n) is 11.4. The number of aromatic nitrogens is 2. The number of para-hydroxylation sites is 1. The molecule has 0 aliphatic heterocycles. The van der Waals surface area contributed by atoms with Crippen LogP contribution in [0.2, 0.25) is 0 Å². The van der Waals surface area contributed by atoms with E-state index in [0.29, 0.717) is 5.82 Å². The first-order chi connectivity index (χ1) is 22.3. The predicted octanol–water partition coefficient (Wildman–Crippen LogP) is 11.4. The Kier molecular flexibility index (Phi) is 5.82. The first-order valence-electron chi connectivity index (χ1n) is 15.2. The molecule has 0 aliphatic carbocycles. The second-order valence-corrected chi connectivity index (χ2v) is 11.4. The third-order valence-corrected chi connectivity index (χ3v) is 8.65.